The van der Waals surface area contributed by atoms with Crippen molar-refractivity contribution in [3.8, 4) is 5.75 Å². The Balaban J connectivity index is 1.98. The summed E-state index contributed by atoms with van der Waals surface area (Å²) in [6.45, 7) is 0. The van der Waals surface area contributed by atoms with E-state index in [-0.39, 0.29) is 0 Å². The molecule has 0 bridgehead atoms. The smallest absolute Gasteiger partial charge is 0.343 e. The topological polar surface area (TPSA) is 93.8 Å². The fraction of sp³-hybridized carbons (Fsp3) is 0. The average molecular weight is 362 g/mol. The molecule has 0 saturated heterocycles. The summed E-state index contributed by atoms with van der Waals surface area (Å²) in [5.74, 6) is -0.0303. The molecule has 0 aliphatic heterocycles. The largest absolute Gasteiger partial charge is 0.423 e. The summed E-state index contributed by atoms with van der Waals surface area (Å²) in [6.07, 6.45) is 1.42. The van der Waals surface area contributed by atoms with E-state index in [0.717, 1.165) is 10.0 Å². The van der Waals surface area contributed by atoms with Gasteiger partial charge in [-0.1, -0.05) is 15.9 Å². The predicted octanol–water partition coefficient (Wildman–Crippen LogP) is 2.67. The third kappa shape index (κ3) is 4.71. The van der Waals surface area contributed by atoms with Crippen molar-refractivity contribution in [3.05, 3.63) is 64.1 Å². The van der Waals surface area contributed by atoms with E-state index >= 15 is 0 Å². The van der Waals surface area contributed by atoms with Crippen LogP contribution < -0.4 is 15.9 Å². The van der Waals surface area contributed by atoms with Crippen molar-refractivity contribution in [2.24, 2.45) is 10.8 Å². The van der Waals surface area contributed by atoms with Crippen LogP contribution in [-0.2, 0) is 0 Å². The number of rotatable bonds is 4. The zero-order valence-corrected chi connectivity index (χ0v) is 12.9. The van der Waals surface area contributed by atoms with Gasteiger partial charge in [-0.05, 0) is 54.1 Å². The number of esters is 1. The van der Waals surface area contributed by atoms with E-state index in [1.165, 1.54) is 6.21 Å². The van der Waals surface area contributed by atoms with Crippen molar-refractivity contribution in [1.29, 1.82) is 0 Å². The lowest BCUT2D eigenvalue weighted by atomic mass is 10.2. The lowest BCUT2D eigenvalue weighted by molar-refractivity contribution is 0.0734. The van der Waals surface area contributed by atoms with E-state index in [1.807, 2.05) is 0 Å². The number of hydrogen-bond acceptors (Lipinski definition) is 4. The third-order valence-corrected chi connectivity index (χ3v) is 3.09. The Morgan fingerprint density at radius 1 is 1.09 bits per heavy atom. The molecule has 2 aromatic rings. The fourth-order valence-electron chi connectivity index (χ4n) is 1.54. The summed E-state index contributed by atoms with van der Waals surface area (Å²) in [7, 11) is 0. The van der Waals surface area contributed by atoms with E-state index in [0.29, 0.717) is 11.3 Å². The van der Waals surface area contributed by atoms with Gasteiger partial charge in [0.2, 0.25) is 0 Å². The van der Waals surface area contributed by atoms with Gasteiger partial charge < -0.3 is 10.5 Å². The highest BCUT2D eigenvalue weighted by Gasteiger charge is 2.08. The number of hydrazone groups is 1. The molecule has 0 aromatic heterocycles. The van der Waals surface area contributed by atoms with Crippen molar-refractivity contribution < 1.29 is 14.3 Å². The van der Waals surface area contributed by atoms with Crippen LogP contribution in [0.2, 0.25) is 0 Å². The van der Waals surface area contributed by atoms with Crippen LogP contribution >= 0.6 is 15.9 Å². The molecule has 6 nitrogen and oxygen atoms in total. The van der Waals surface area contributed by atoms with Crippen LogP contribution in [0.1, 0.15) is 15.9 Å². The molecule has 3 N–H and O–H groups in total. The molecular formula is C15H12BrN3O3. The summed E-state index contributed by atoms with van der Waals surface area (Å²) >= 11 is 3.30. The zero-order valence-electron chi connectivity index (χ0n) is 11.3. The molecule has 0 atom stereocenters. The van der Waals surface area contributed by atoms with E-state index < -0.39 is 12.0 Å². The molecular weight excluding hydrogens is 350 g/mol. The van der Waals surface area contributed by atoms with Gasteiger partial charge in [-0.3, -0.25) is 0 Å². The first kappa shape index (κ1) is 15.7. The van der Waals surface area contributed by atoms with Crippen LogP contribution in [0, 0.1) is 0 Å². The van der Waals surface area contributed by atoms with Crippen LogP contribution in [-0.4, -0.2) is 18.2 Å². The highest BCUT2D eigenvalue weighted by molar-refractivity contribution is 9.10. The van der Waals surface area contributed by atoms with Crippen LogP contribution in [0.25, 0.3) is 0 Å². The minimum Gasteiger partial charge on any atom is -0.423 e. The molecule has 0 unspecified atom stereocenters. The van der Waals surface area contributed by atoms with Gasteiger partial charge in [0.1, 0.15) is 5.75 Å². The Morgan fingerprint density at radius 3 is 2.32 bits per heavy atom. The number of ether oxygens (including phenoxy) is 1. The van der Waals surface area contributed by atoms with E-state index in [1.54, 1.807) is 48.5 Å². The third-order valence-electron chi connectivity index (χ3n) is 2.56. The quantitative estimate of drug-likeness (QED) is 0.379. The maximum absolute atomic E-state index is 11.9. The molecule has 2 aromatic carbocycles. The number of nitrogens with one attached hydrogen (secondary N) is 1. The Bertz CT molecular complexity index is 697. The van der Waals surface area contributed by atoms with Crippen LogP contribution in [0.4, 0.5) is 4.79 Å². The Morgan fingerprint density at radius 2 is 1.73 bits per heavy atom. The second-order valence-electron chi connectivity index (χ2n) is 4.20. The lowest BCUT2D eigenvalue weighted by Crippen LogP contribution is -2.24. The molecule has 22 heavy (non-hydrogen) atoms. The molecule has 0 heterocycles. The van der Waals surface area contributed by atoms with Gasteiger partial charge in [0, 0.05) is 4.47 Å². The van der Waals surface area contributed by atoms with Gasteiger partial charge in [-0.2, -0.15) is 5.10 Å². The minimum atomic E-state index is -0.740. The number of hydrogen-bond donors (Lipinski definition) is 2. The zero-order chi connectivity index (χ0) is 15.9. The number of benzene rings is 2. The monoisotopic (exact) mass is 361 g/mol. The second kappa shape index (κ2) is 7.37. The molecule has 2 amide bonds. The van der Waals surface area contributed by atoms with E-state index in [4.69, 9.17) is 10.5 Å². The molecule has 2 rings (SSSR count). The van der Waals surface area contributed by atoms with Crippen molar-refractivity contribution in [3.63, 3.8) is 0 Å². The second-order valence-corrected chi connectivity index (χ2v) is 5.12. The van der Waals surface area contributed by atoms with Crippen molar-refractivity contribution in [1.82, 2.24) is 5.43 Å². The highest BCUT2D eigenvalue weighted by atomic mass is 79.9. The van der Waals surface area contributed by atoms with Crippen molar-refractivity contribution >= 4 is 34.1 Å². The first-order valence-corrected chi connectivity index (χ1v) is 7.00. The number of nitrogens with zero attached hydrogens (tertiary/aromatic N) is 1. The Labute approximate surface area is 135 Å². The summed E-state index contributed by atoms with van der Waals surface area (Å²) in [4.78, 5) is 22.4. The number of carbonyl (C=O) groups is 2. The van der Waals surface area contributed by atoms with Gasteiger partial charge in [0.25, 0.3) is 0 Å². The standard InChI is InChI=1S/C15H12BrN3O3/c16-12-5-3-11(4-6-12)14(20)22-13-7-1-10(2-8-13)9-18-19-15(17)21/h1-9H,(H3,17,19,21)/b18-9-. The first-order valence-electron chi connectivity index (χ1n) is 6.21. The molecule has 0 aliphatic carbocycles. The Kier molecular flexibility index (Phi) is 5.26. The van der Waals surface area contributed by atoms with Gasteiger partial charge >= 0.3 is 12.0 Å². The summed E-state index contributed by atoms with van der Waals surface area (Å²) in [5.41, 5.74) is 8.14. The maximum atomic E-state index is 11.9. The number of carbonyl (C=O) groups excluding carboxylic acids is 2. The highest BCUT2D eigenvalue weighted by Crippen LogP contribution is 2.15. The lowest BCUT2D eigenvalue weighted by Gasteiger charge is -2.04. The van der Waals surface area contributed by atoms with Gasteiger partial charge in [-0.15, -0.1) is 0 Å². The van der Waals surface area contributed by atoms with Gasteiger partial charge in [-0.25, -0.2) is 15.0 Å². The summed E-state index contributed by atoms with van der Waals surface area (Å²) < 4.78 is 6.14. The minimum absolute atomic E-state index is 0.410. The van der Waals surface area contributed by atoms with E-state index in [2.05, 4.69) is 26.5 Å². The van der Waals surface area contributed by atoms with Gasteiger partial charge in [0.15, 0.2) is 0 Å². The molecule has 0 saturated carbocycles. The fourth-order valence-corrected chi connectivity index (χ4v) is 1.81. The SMILES string of the molecule is NC(=O)N/N=C\c1ccc(OC(=O)c2ccc(Br)cc2)cc1. The Hall–Kier alpha value is -2.67. The van der Waals surface area contributed by atoms with Crippen LogP contribution in [0.5, 0.6) is 5.75 Å². The van der Waals surface area contributed by atoms with Gasteiger partial charge in [0.05, 0.1) is 11.8 Å². The normalized spacial score (nSPS) is 10.4. The average Bonchev–Trinajstić information content (AvgIpc) is 2.49. The first-order chi connectivity index (χ1) is 10.5. The summed E-state index contributed by atoms with van der Waals surface area (Å²) in [5, 5.41) is 3.63. The molecule has 0 radical (unpaired) electrons. The predicted molar refractivity (Wildman–Crippen MR) is 85.9 cm³/mol. The molecule has 112 valence electrons. The number of nitrogens with two attached hydrogens (primary N) is 1. The van der Waals surface area contributed by atoms with Crippen LogP contribution in [0.3, 0.4) is 0 Å². The van der Waals surface area contributed by atoms with Crippen molar-refractivity contribution in [2.45, 2.75) is 0 Å². The molecule has 0 fully saturated rings. The van der Waals surface area contributed by atoms with Crippen LogP contribution in [0.15, 0.2) is 58.1 Å². The number of halogens is 1. The summed E-state index contributed by atoms with van der Waals surface area (Å²) in [6, 6.07) is 12.8. The maximum Gasteiger partial charge on any atom is 0.343 e. The number of primary amides is 1. The molecule has 0 spiro atoms. The number of urea groups is 1. The van der Waals surface area contributed by atoms with Crippen molar-refractivity contribution in [2.75, 3.05) is 0 Å². The number of amides is 2. The molecule has 7 heteroatoms. The molecule has 0 aliphatic rings. The van der Waals surface area contributed by atoms with E-state index in [9.17, 15) is 9.59 Å².